The summed E-state index contributed by atoms with van der Waals surface area (Å²) < 4.78 is 6.59. The van der Waals surface area contributed by atoms with E-state index >= 15 is 0 Å². The molecule has 24 heavy (non-hydrogen) atoms. The fourth-order valence-electron chi connectivity index (χ4n) is 3.12. The molecule has 0 saturated carbocycles. The molecule has 2 aromatic rings. The Morgan fingerprint density at radius 2 is 1.96 bits per heavy atom. The quantitative estimate of drug-likeness (QED) is 0.640. The van der Waals surface area contributed by atoms with Crippen LogP contribution in [0.2, 0.25) is 0 Å². The summed E-state index contributed by atoms with van der Waals surface area (Å²) in [5.41, 5.74) is 0.464. The standard InChI is InChI=1S/C19H22N2O3/c1-13-7-3-4-8-15(13)12-24-18(22)11-21-19(23)17-10-6-5-9-16(17)14(2)20-21/h3-6,9-10,13,15H,7-8,11-12H2,1-2H3. The molecule has 0 aliphatic heterocycles. The summed E-state index contributed by atoms with van der Waals surface area (Å²) in [6.45, 7) is 4.24. The number of hydrogen-bond acceptors (Lipinski definition) is 4. The molecule has 1 aliphatic rings. The summed E-state index contributed by atoms with van der Waals surface area (Å²) in [4.78, 5) is 24.6. The van der Waals surface area contributed by atoms with Gasteiger partial charge < -0.3 is 4.74 Å². The number of ether oxygens (including phenoxy) is 1. The molecule has 1 aliphatic carbocycles. The number of aryl methyl sites for hydroxylation is 1. The number of benzene rings is 1. The molecular weight excluding hydrogens is 304 g/mol. The molecule has 1 aromatic carbocycles. The predicted molar refractivity (Wildman–Crippen MR) is 92.7 cm³/mol. The molecule has 1 heterocycles. The highest BCUT2D eigenvalue weighted by Crippen LogP contribution is 2.25. The van der Waals surface area contributed by atoms with Gasteiger partial charge in [0.2, 0.25) is 0 Å². The van der Waals surface area contributed by atoms with Gasteiger partial charge in [0.15, 0.2) is 0 Å². The van der Waals surface area contributed by atoms with Crippen molar-refractivity contribution in [1.29, 1.82) is 0 Å². The van der Waals surface area contributed by atoms with E-state index < -0.39 is 5.97 Å². The molecule has 0 amide bonds. The molecule has 5 heteroatoms. The van der Waals surface area contributed by atoms with Crippen molar-refractivity contribution in [1.82, 2.24) is 9.78 Å². The van der Waals surface area contributed by atoms with Gasteiger partial charge in [0.05, 0.1) is 17.7 Å². The number of esters is 1. The molecule has 0 fully saturated rings. The SMILES string of the molecule is Cc1nn(CC(=O)OCC2CC=CCC2C)c(=O)c2ccccc12. The number of nitrogens with zero attached hydrogens (tertiary/aromatic N) is 2. The number of carbonyl (C=O) groups excluding carboxylic acids is 1. The lowest BCUT2D eigenvalue weighted by Gasteiger charge is -2.24. The van der Waals surface area contributed by atoms with Crippen LogP contribution in [0.1, 0.15) is 25.5 Å². The summed E-state index contributed by atoms with van der Waals surface area (Å²) in [5.74, 6) is 0.439. The van der Waals surface area contributed by atoms with Crippen molar-refractivity contribution in [2.24, 2.45) is 11.8 Å². The van der Waals surface area contributed by atoms with Gasteiger partial charge in [-0.15, -0.1) is 0 Å². The maximum Gasteiger partial charge on any atom is 0.327 e. The number of carbonyl (C=O) groups is 1. The van der Waals surface area contributed by atoms with Crippen molar-refractivity contribution < 1.29 is 9.53 Å². The third-order valence-electron chi connectivity index (χ3n) is 4.71. The molecule has 1 aromatic heterocycles. The van der Waals surface area contributed by atoms with Gasteiger partial charge in [0, 0.05) is 5.39 Å². The number of rotatable bonds is 4. The van der Waals surface area contributed by atoms with Crippen molar-refractivity contribution in [3.05, 3.63) is 52.5 Å². The van der Waals surface area contributed by atoms with Crippen LogP contribution in [0, 0.1) is 18.8 Å². The number of allylic oxidation sites excluding steroid dienone is 2. The van der Waals surface area contributed by atoms with Crippen molar-refractivity contribution in [3.63, 3.8) is 0 Å². The molecule has 2 atom stereocenters. The highest BCUT2D eigenvalue weighted by Gasteiger charge is 2.20. The molecule has 2 unspecified atom stereocenters. The Labute approximate surface area is 140 Å². The van der Waals surface area contributed by atoms with Crippen molar-refractivity contribution >= 4 is 16.7 Å². The van der Waals surface area contributed by atoms with Gasteiger partial charge in [0.25, 0.3) is 5.56 Å². The Morgan fingerprint density at radius 1 is 1.25 bits per heavy atom. The Morgan fingerprint density at radius 3 is 2.71 bits per heavy atom. The maximum atomic E-state index is 12.5. The average molecular weight is 326 g/mol. The van der Waals surface area contributed by atoms with Gasteiger partial charge in [-0.1, -0.05) is 37.3 Å². The molecule has 5 nitrogen and oxygen atoms in total. The first-order chi connectivity index (χ1) is 11.6. The Kier molecular flexibility index (Phi) is 4.79. The number of fused-ring (bicyclic) bond motifs is 1. The molecule has 0 spiro atoms. The van der Waals surface area contributed by atoms with Crippen molar-refractivity contribution in [2.45, 2.75) is 33.2 Å². The summed E-state index contributed by atoms with van der Waals surface area (Å²) in [6.07, 6.45) is 6.26. The lowest BCUT2D eigenvalue weighted by Crippen LogP contribution is -2.30. The second kappa shape index (κ2) is 6.99. The van der Waals surface area contributed by atoms with Gasteiger partial charge in [-0.25, -0.2) is 4.68 Å². The van der Waals surface area contributed by atoms with Crippen LogP contribution < -0.4 is 5.56 Å². The van der Waals surface area contributed by atoms with Crippen molar-refractivity contribution in [3.8, 4) is 0 Å². The fraction of sp³-hybridized carbons (Fsp3) is 0.421. The van der Waals surface area contributed by atoms with E-state index in [9.17, 15) is 9.59 Å². The Bertz CT molecular complexity index is 838. The Balaban J connectivity index is 1.70. The molecule has 126 valence electrons. The van der Waals surface area contributed by atoms with Crippen LogP contribution >= 0.6 is 0 Å². The first-order valence-corrected chi connectivity index (χ1v) is 8.33. The zero-order chi connectivity index (χ0) is 17.1. The molecule has 0 radical (unpaired) electrons. The molecule has 0 N–H and O–H groups in total. The number of hydrogen-bond donors (Lipinski definition) is 0. The van der Waals surface area contributed by atoms with Gasteiger partial charge in [-0.05, 0) is 37.7 Å². The lowest BCUT2D eigenvalue weighted by molar-refractivity contribution is -0.146. The molecular formula is C19H22N2O3. The van der Waals surface area contributed by atoms with E-state index in [2.05, 4.69) is 24.2 Å². The predicted octanol–water partition coefficient (Wildman–Crippen LogP) is 2.85. The van der Waals surface area contributed by atoms with Crippen LogP contribution in [0.15, 0.2) is 41.2 Å². The normalized spacial score (nSPS) is 20.2. The fourth-order valence-corrected chi connectivity index (χ4v) is 3.12. The summed E-state index contributed by atoms with van der Waals surface area (Å²) in [6, 6.07) is 7.29. The minimum absolute atomic E-state index is 0.151. The van der Waals surface area contributed by atoms with Gasteiger partial charge in [-0.2, -0.15) is 5.10 Å². The van der Waals surface area contributed by atoms with E-state index in [-0.39, 0.29) is 12.1 Å². The Hall–Kier alpha value is -2.43. The smallest absolute Gasteiger partial charge is 0.327 e. The van der Waals surface area contributed by atoms with Crippen LogP contribution in [0.4, 0.5) is 0 Å². The third-order valence-corrected chi connectivity index (χ3v) is 4.71. The van der Waals surface area contributed by atoms with Gasteiger partial charge >= 0.3 is 5.97 Å². The molecule has 0 saturated heterocycles. The third kappa shape index (κ3) is 3.40. The summed E-state index contributed by atoms with van der Waals surface area (Å²) in [5, 5.41) is 5.63. The summed E-state index contributed by atoms with van der Waals surface area (Å²) >= 11 is 0. The van der Waals surface area contributed by atoms with E-state index in [1.165, 1.54) is 4.68 Å². The zero-order valence-corrected chi connectivity index (χ0v) is 14.1. The van der Waals surface area contributed by atoms with E-state index in [1.54, 1.807) is 6.07 Å². The average Bonchev–Trinajstić information content (AvgIpc) is 2.59. The summed E-state index contributed by atoms with van der Waals surface area (Å²) in [7, 11) is 0. The van der Waals surface area contributed by atoms with E-state index in [1.807, 2.05) is 25.1 Å². The van der Waals surface area contributed by atoms with E-state index in [0.29, 0.717) is 23.8 Å². The van der Waals surface area contributed by atoms with Crippen molar-refractivity contribution in [2.75, 3.05) is 6.61 Å². The second-order valence-electron chi connectivity index (χ2n) is 6.46. The van der Waals surface area contributed by atoms with Crippen LogP contribution in [0.25, 0.3) is 10.8 Å². The van der Waals surface area contributed by atoms with Crippen LogP contribution in [0.3, 0.4) is 0 Å². The molecule has 3 rings (SSSR count). The minimum atomic E-state index is -0.416. The topological polar surface area (TPSA) is 61.2 Å². The lowest BCUT2D eigenvalue weighted by atomic mass is 9.85. The first-order valence-electron chi connectivity index (χ1n) is 8.33. The van der Waals surface area contributed by atoms with Gasteiger partial charge in [-0.3, -0.25) is 9.59 Å². The van der Waals surface area contributed by atoms with Gasteiger partial charge in [0.1, 0.15) is 6.54 Å². The van der Waals surface area contributed by atoms with Crippen LogP contribution in [-0.4, -0.2) is 22.4 Å². The van der Waals surface area contributed by atoms with E-state index in [4.69, 9.17) is 4.74 Å². The highest BCUT2D eigenvalue weighted by atomic mass is 16.5. The minimum Gasteiger partial charge on any atom is -0.464 e. The highest BCUT2D eigenvalue weighted by molar-refractivity contribution is 5.83. The maximum absolute atomic E-state index is 12.5. The molecule has 0 bridgehead atoms. The zero-order valence-electron chi connectivity index (χ0n) is 14.1. The second-order valence-corrected chi connectivity index (χ2v) is 6.46. The van der Waals surface area contributed by atoms with Crippen LogP contribution in [-0.2, 0) is 16.1 Å². The van der Waals surface area contributed by atoms with Crippen LogP contribution in [0.5, 0.6) is 0 Å². The van der Waals surface area contributed by atoms with E-state index in [0.717, 1.165) is 23.9 Å². The first kappa shape index (κ1) is 16.4. The monoisotopic (exact) mass is 326 g/mol. The number of aromatic nitrogens is 2. The largest absolute Gasteiger partial charge is 0.464 e.